The summed E-state index contributed by atoms with van der Waals surface area (Å²) in [6, 6.07) is 8.04. The van der Waals surface area contributed by atoms with Crippen molar-refractivity contribution in [1.29, 1.82) is 0 Å². The van der Waals surface area contributed by atoms with E-state index in [4.69, 9.17) is 9.47 Å². The van der Waals surface area contributed by atoms with Gasteiger partial charge in [-0.15, -0.1) is 0 Å². The number of nitrogens with one attached hydrogen (secondary N) is 1. The van der Waals surface area contributed by atoms with Crippen LogP contribution in [0.25, 0.3) is 0 Å². The molecule has 5 rings (SSSR count). The fraction of sp³-hybridized carbons (Fsp3) is 0.588. The number of amides is 3. The number of fused-ring (bicyclic) bond motifs is 6. The van der Waals surface area contributed by atoms with Gasteiger partial charge in [0.2, 0.25) is 17.7 Å². The molecule has 0 aliphatic carbocycles. The van der Waals surface area contributed by atoms with Crippen molar-refractivity contribution in [3.8, 4) is 11.5 Å². The number of methoxy groups -OCH3 is 2. The molecular weight excluding hydrogens is 558 g/mol. The van der Waals surface area contributed by atoms with E-state index >= 15 is 0 Å². The Hall–Kier alpha value is -3.66. The fourth-order valence-corrected chi connectivity index (χ4v) is 7.29. The molecule has 3 aliphatic rings. The average molecular weight is 606 g/mol. The summed E-state index contributed by atoms with van der Waals surface area (Å²) in [5.74, 6) is 2.16. The molecule has 10 heteroatoms. The molecule has 238 valence electrons. The molecule has 2 saturated heterocycles. The Morgan fingerprint density at radius 3 is 2.61 bits per heavy atom. The van der Waals surface area contributed by atoms with Crippen LogP contribution in [0.3, 0.4) is 0 Å². The number of carbonyl (C=O) groups excluding carboxylic acids is 3. The molecule has 0 radical (unpaired) electrons. The van der Waals surface area contributed by atoms with Gasteiger partial charge in [-0.05, 0) is 92.3 Å². The van der Waals surface area contributed by atoms with Gasteiger partial charge in [0.05, 0.1) is 20.8 Å². The van der Waals surface area contributed by atoms with Crippen LogP contribution in [0.4, 0.5) is 0 Å². The summed E-state index contributed by atoms with van der Waals surface area (Å²) in [7, 11) is 5.24. The number of likely N-dealkylation sites (N-methyl/N-ethyl adjacent to an activating group) is 1. The van der Waals surface area contributed by atoms with Gasteiger partial charge in [-0.3, -0.25) is 24.3 Å². The summed E-state index contributed by atoms with van der Waals surface area (Å²) in [6.45, 7) is 3.61. The molecule has 3 aliphatic heterocycles. The second kappa shape index (κ2) is 14.9. The van der Waals surface area contributed by atoms with E-state index in [-0.39, 0.29) is 35.6 Å². The minimum absolute atomic E-state index is 0.0190. The lowest BCUT2D eigenvalue weighted by Gasteiger charge is -2.51. The van der Waals surface area contributed by atoms with Gasteiger partial charge in [0, 0.05) is 64.0 Å². The predicted molar refractivity (Wildman–Crippen MR) is 167 cm³/mol. The number of nitrogens with zero attached hydrogens (tertiary/aromatic N) is 4. The SMILES string of the molecule is COc1cc2cc(c1OC)CCCNC(=O)CCC[C@H]1[C@@H]3C[C@@H](CN(C(=O)CN(C)Cc4ccncc4)C3)CN1C(=O)CC2. The quantitative estimate of drug-likeness (QED) is 0.540. The summed E-state index contributed by atoms with van der Waals surface area (Å²) in [4.78, 5) is 50.2. The van der Waals surface area contributed by atoms with Crippen molar-refractivity contribution in [2.24, 2.45) is 11.8 Å². The van der Waals surface area contributed by atoms with Gasteiger partial charge in [-0.2, -0.15) is 0 Å². The number of hydrogen-bond donors (Lipinski definition) is 1. The number of likely N-dealkylation sites (tertiary alicyclic amines) is 1. The number of rotatable bonds is 6. The number of pyridine rings is 1. The van der Waals surface area contributed by atoms with E-state index in [0.717, 1.165) is 42.4 Å². The smallest absolute Gasteiger partial charge is 0.236 e. The molecule has 2 aromatic rings. The second-order valence-electron chi connectivity index (χ2n) is 12.6. The first-order valence-corrected chi connectivity index (χ1v) is 16.0. The lowest BCUT2D eigenvalue weighted by Crippen LogP contribution is -2.60. The van der Waals surface area contributed by atoms with Crippen LogP contribution in [0.2, 0.25) is 0 Å². The second-order valence-corrected chi connectivity index (χ2v) is 12.6. The zero-order valence-corrected chi connectivity index (χ0v) is 26.4. The largest absolute Gasteiger partial charge is 0.493 e. The first kappa shape index (κ1) is 31.8. The zero-order valence-electron chi connectivity index (χ0n) is 26.4. The molecule has 0 spiro atoms. The summed E-state index contributed by atoms with van der Waals surface area (Å²) in [5.41, 5.74) is 3.19. The van der Waals surface area contributed by atoms with Crippen LogP contribution in [0, 0.1) is 11.8 Å². The Balaban J connectivity index is 1.29. The van der Waals surface area contributed by atoms with Gasteiger partial charge in [-0.25, -0.2) is 0 Å². The molecular formula is C34H47N5O5. The van der Waals surface area contributed by atoms with Gasteiger partial charge < -0.3 is 24.6 Å². The van der Waals surface area contributed by atoms with Gasteiger partial charge in [0.15, 0.2) is 11.5 Å². The van der Waals surface area contributed by atoms with Crippen LogP contribution < -0.4 is 14.8 Å². The Bertz CT molecular complexity index is 1300. The number of aryl methyl sites for hydroxylation is 2. The number of carbonyl (C=O) groups is 3. The molecule has 44 heavy (non-hydrogen) atoms. The topological polar surface area (TPSA) is 104 Å². The molecule has 1 aromatic heterocycles. The average Bonchev–Trinajstić information content (AvgIpc) is 3.02. The van der Waals surface area contributed by atoms with Crippen LogP contribution in [-0.2, 0) is 33.8 Å². The highest BCUT2D eigenvalue weighted by Gasteiger charge is 2.43. The Morgan fingerprint density at radius 2 is 1.84 bits per heavy atom. The normalized spacial score (nSPS) is 23.1. The molecule has 4 bridgehead atoms. The molecule has 0 unspecified atom stereocenters. The number of hydrogen-bond acceptors (Lipinski definition) is 7. The van der Waals surface area contributed by atoms with Gasteiger partial charge in [0.25, 0.3) is 0 Å². The third-order valence-electron chi connectivity index (χ3n) is 9.34. The third-order valence-corrected chi connectivity index (χ3v) is 9.34. The number of aromatic nitrogens is 1. The monoisotopic (exact) mass is 605 g/mol. The fourth-order valence-electron chi connectivity index (χ4n) is 7.29. The minimum Gasteiger partial charge on any atom is -0.493 e. The standard InChI is InChI=1S/C34H47N5O5/c1-37(19-24-11-14-35-15-12-24)23-33(42)38-20-26-17-28(22-38)29-7-4-8-31(40)36-13-5-6-27-16-25(9-10-32(41)39(29)21-26)18-30(43-2)34(27)44-3/h11-12,14-16,18,26,28-29H,4-10,13,17,19-23H2,1-3H3,(H,36,40)/t26-,28+,29-/m0/s1. The van der Waals surface area contributed by atoms with Crippen molar-refractivity contribution in [1.82, 2.24) is 25.0 Å². The molecule has 1 N–H and O–H groups in total. The Labute approximate surface area is 261 Å². The third kappa shape index (κ3) is 7.88. The van der Waals surface area contributed by atoms with E-state index in [0.29, 0.717) is 76.5 Å². The van der Waals surface area contributed by atoms with E-state index in [1.54, 1.807) is 26.6 Å². The van der Waals surface area contributed by atoms with Crippen LogP contribution in [0.15, 0.2) is 36.7 Å². The Morgan fingerprint density at radius 1 is 1.02 bits per heavy atom. The summed E-state index contributed by atoms with van der Waals surface area (Å²) < 4.78 is 11.3. The lowest BCUT2D eigenvalue weighted by atomic mass is 9.77. The van der Waals surface area contributed by atoms with E-state index in [1.807, 2.05) is 35.0 Å². The van der Waals surface area contributed by atoms with E-state index in [1.165, 1.54) is 0 Å². The van der Waals surface area contributed by atoms with Crippen molar-refractivity contribution in [2.45, 2.75) is 64.0 Å². The van der Waals surface area contributed by atoms with E-state index in [9.17, 15) is 14.4 Å². The first-order valence-electron chi connectivity index (χ1n) is 16.0. The van der Waals surface area contributed by atoms with E-state index < -0.39 is 0 Å². The summed E-state index contributed by atoms with van der Waals surface area (Å²) in [5, 5.41) is 3.07. The maximum Gasteiger partial charge on any atom is 0.236 e. The number of piperidine rings is 2. The first-order chi connectivity index (χ1) is 21.3. The molecule has 3 atom stereocenters. The highest BCUT2D eigenvalue weighted by molar-refractivity contribution is 5.79. The summed E-state index contributed by atoms with van der Waals surface area (Å²) in [6.07, 6.45) is 9.03. The van der Waals surface area contributed by atoms with Crippen LogP contribution in [0.1, 0.15) is 55.2 Å². The van der Waals surface area contributed by atoms with Crippen molar-refractivity contribution >= 4 is 17.7 Å². The molecule has 3 amide bonds. The van der Waals surface area contributed by atoms with Crippen molar-refractivity contribution in [3.05, 3.63) is 53.3 Å². The molecule has 1 aromatic carbocycles. The lowest BCUT2D eigenvalue weighted by molar-refractivity contribution is -0.146. The Kier molecular flexibility index (Phi) is 10.7. The van der Waals surface area contributed by atoms with Crippen LogP contribution >= 0.6 is 0 Å². The maximum absolute atomic E-state index is 13.8. The molecule has 0 saturated carbocycles. The molecule has 4 heterocycles. The number of benzene rings is 1. The van der Waals surface area contributed by atoms with Crippen molar-refractivity contribution in [2.75, 3.05) is 54.0 Å². The van der Waals surface area contributed by atoms with Crippen LogP contribution in [-0.4, -0.2) is 97.4 Å². The highest BCUT2D eigenvalue weighted by Crippen LogP contribution is 2.37. The van der Waals surface area contributed by atoms with E-state index in [2.05, 4.69) is 21.3 Å². The van der Waals surface area contributed by atoms with Crippen LogP contribution in [0.5, 0.6) is 11.5 Å². The summed E-state index contributed by atoms with van der Waals surface area (Å²) >= 11 is 0. The van der Waals surface area contributed by atoms with Gasteiger partial charge in [-0.1, -0.05) is 6.07 Å². The predicted octanol–water partition coefficient (Wildman–Crippen LogP) is 3.07. The maximum atomic E-state index is 13.8. The van der Waals surface area contributed by atoms with Crippen molar-refractivity contribution < 1.29 is 23.9 Å². The van der Waals surface area contributed by atoms with Gasteiger partial charge in [0.1, 0.15) is 0 Å². The molecule has 10 nitrogen and oxygen atoms in total. The van der Waals surface area contributed by atoms with Gasteiger partial charge >= 0.3 is 0 Å². The zero-order chi connectivity index (χ0) is 31.1. The number of ether oxygens (including phenoxy) is 2. The minimum atomic E-state index is 0.0190. The molecule has 2 fully saturated rings. The van der Waals surface area contributed by atoms with Crippen molar-refractivity contribution in [3.63, 3.8) is 0 Å². The highest BCUT2D eigenvalue weighted by atomic mass is 16.5.